The van der Waals surface area contributed by atoms with Gasteiger partial charge in [0.25, 0.3) is 0 Å². The van der Waals surface area contributed by atoms with Crippen molar-refractivity contribution >= 4 is 11.6 Å². The molecule has 0 aromatic rings. The van der Waals surface area contributed by atoms with Gasteiger partial charge in [-0.1, -0.05) is 40.0 Å². The van der Waals surface area contributed by atoms with Crippen molar-refractivity contribution in [1.82, 2.24) is 4.90 Å². The van der Waals surface area contributed by atoms with Crippen LogP contribution in [0.1, 0.15) is 59.3 Å². The van der Waals surface area contributed by atoms with Crippen LogP contribution in [0.5, 0.6) is 0 Å². The van der Waals surface area contributed by atoms with Crippen molar-refractivity contribution in [3.8, 4) is 0 Å². The molecule has 15 heavy (non-hydrogen) atoms. The summed E-state index contributed by atoms with van der Waals surface area (Å²) in [6, 6.07) is 0. The second-order valence-electron chi connectivity index (χ2n) is 3.90. The monoisotopic (exact) mass is 235 g/mol. The molecule has 0 spiro atoms. The number of alkyl halides is 1. The highest BCUT2D eigenvalue weighted by Gasteiger charge is 2.01. The maximum Gasteiger partial charge on any atom is 0.0108 e. The second-order valence-corrected chi connectivity index (χ2v) is 3.90. The van der Waals surface area contributed by atoms with Crippen LogP contribution in [-0.4, -0.2) is 30.9 Å². The van der Waals surface area contributed by atoms with Crippen LogP contribution in [0.2, 0.25) is 0 Å². The average molecular weight is 236 g/mol. The fraction of sp³-hybridized carbons (Fsp3) is 1.00. The van der Waals surface area contributed by atoms with E-state index in [1.54, 1.807) is 0 Å². The molecule has 0 atom stereocenters. The highest BCUT2D eigenvalue weighted by Crippen LogP contribution is 2.01. The van der Waals surface area contributed by atoms with E-state index in [1.165, 1.54) is 64.5 Å². The fourth-order valence-corrected chi connectivity index (χ4v) is 1.48. The van der Waals surface area contributed by atoms with Crippen LogP contribution in [0.3, 0.4) is 0 Å². The van der Waals surface area contributed by atoms with Crippen molar-refractivity contribution in [2.24, 2.45) is 0 Å². The lowest BCUT2D eigenvalue weighted by atomic mass is 10.2. The summed E-state index contributed by atoms with van der Waals surface area (Å²) >= 11 is 4.64. The van der Waals surface area contributed by atoms with Crippen LogP contribution in [0.25, 0.3) is 0 Å². The molecule has 0 radical (unpaired) electrons. The fourth-order valence-electron chi connectivity index (χ4n) is 1.48. The van der Waals surface area contributed by atoms with Gasteiger partial charge in [0, 0.05) is 6.38 Å². The van der Waals surface area contributed by atoms with Crippen LogP contribution in [-0.2, 0) is 0 Å². The molecule has 2 heteroatoms. The Labute approximate surface area is 102 Å². The van der Waals surface area contributed by atoms with E-state index in [0.29, 0.717) is 0 Å². The first-order valence-corrected chi connectivity index (χ1v) is 7.20. The molecule has 0 aliphatic heterocycles. The topological polar surface area (TPSA) is 3.24 Å². The molecule has 0 saturated heterocycles. The van der Waals surface area contributed by atoms with Crippen molar-refractivity contribution < 1.29 is 0 Å². The maximum atomic E-state index is 4.64. The van der Waals surface area contributed by atoms with E-state index in [9.17, 15) is 0 Å². The Kier molecular flexibility index (Phi) is 19.6. The predicted molar refractivity (Wildman–Crippen MR) is 72.9 cm³/mol. The van der Waals surface area contributed by atoms with Gasteiger partial charge in [0.2, 0.25) is 0 Å². The molecule has 0 amide bonds. The average Bonchev–Trinajstić information content (AvgIpc) is 2.31. The zero-order valence-electron chi connectivity index (χ0n) is 11.2. The molecule has 0 heterocycles. The first-order valence-electron chi connectivity index (χ1n) is 6.45. The first kappa shape index (κ1) is 17.6. The minimum absolute atomic E-state index is 1.32. The molecule has 94 valence electrons. The molecular formula is C13H30ClN. The van der Waals surface area contributed by atoms with Crippen molar-refractivity contribution in [3.63, 3.8) is 0 Å². The number of unbranched alkanes of at least 4 members (excludes halogenated alkanes) is 3. The van der Waals surface area contributed by atoms with Gasteiger partial charge in [0.15, 0.2) is 0 Å². The molecule has 0 aliphatic rings. The largest absolute Gasteiger partial charge is 0.303 e. The molecule has 0 aliphatic carbocycles. The number of hydrogen-bond acceptors (Lipinski definition) is 1. The summed E-state index contributed by atoms with van der Waals surface area (Å²) in [5.74, 6) is 0. The molecule has 0 aromatic heterocycles. The van der Waals surface area contributed by atoms with Crippen LogP contribution in [0, 0.1) is 0 Å². The highest BCUT2D eigenvalue weighted by atomic mass is 35.5. The molecule has 0 rings (SSSR count). The standard InChI is InChI=1S/C12H27N.CH3Cl/c1-4-7-10-13(11-8-5-2)12-9-6-3;1-2/h4-12H2,1-3H3;1H3. The molecule has 0 bridgehead atoms. The van der Waals surface area contributed by atoms with Gasteiger partial charge >= 0.3 is 0 Å². The zero-order chi connectivity index (χ0) is 11.9. The van der Waals surface area contributed by atoms with Crippen molar-refractivity contribution in [2.75, 3.05) is 26.0 Å². The summed E-state index contributed by atoms with van der Waals surface area (Å²) in [6.07, 6.45) is 9.56. The molecule has 0 unspecified atom stereocenters. The summed E-state index contributed by atoms with van der Waals surface area (Å²) in [6.45, 7) is 10.8. The van der Waals surface area contributed by atoms with Gasteiger partial charge in [0.05, 0.1) is 0 Å². The van der Waals surface area contributed by atoms with Crippen molar-refractivity contribution in [1.29, 1.82) is 0 Å². The Bertz CT molecular complexity index is 77.5. The number of hydrogen-bond donors (Lipinski definition) is 0. The Morgan fingerprint density at radius 1 is 0.667 bits per heavy atom. The van der Waals surface area contributed by atoms with Gasteiger partial charge in [-0.3, -0.25) is 0 Å². The smallest absolute Gasteiger partial charge is 0.0108 e. The van der Waals surface area contributed by atoms with E-state index in [-0.39, 0.29) is 0 Å². The molecule has 0 fully saturated rings. The Morgan fingerprint density at radius 3 is 1.13 bits per heavy atom. The lowest BCUT2D eigenvalue weighted by Gasteiger charge is -2.21. The van der Waals surface area contributed by atoms with E-state index in [4.69, 9.17) is 0 Å². The summed E-state index contributed by atoms with van der Waals surface area (Å²) in [4.78, 5) is 2.64. The zero-order valence-corrected chi connectivity index (χ0v) is 11.9. The molecular weight excluding hydrogens is 206 g/mol. The quantitative estimate of drug-likeness (QED) is 0.531. The van der Waals surface area contributed by atoms with E-state index < -0.39 is 0 Å². The Hall–Kier alpha value is 0.250. The summed E-state index contributed by atoms with van der Waals surface area (Å²) in [5, 5.41) is 0. The van der Waals surface area contributed by atoms with E-state index in [1.807, 2.05) is 0 Å². The SMILES string of the molecule is CCCCN(CCCC)CCCC.CCl. The minimum Gasteiger partial charge on any atom is -0.303 e. The summed E-state index contributed by atoms with van der Waals surface area (Å²) < 4.78 is 0. The summed E-state index contributed by atoms with van der Waals surface area (Å²) in [5.41, 5.74) is 0. The third-order valence-electron chi connectivity index (χ3n) is 2.48. The Balaban J connectivity index is 0. The molecule has 1 nitrogen and oxygen atoms in total. The predicted octanol–water partition coefficient (Wildman–Crippen LogP) is 4.54. The van der Waals surface area contributed by atoms with Gasteiger partial charge in [-0.2, -0.15) is 0 Å². The third kappa shape index (κ3) is 14.2. The lowest BCUT2D eigenvalue weighted by Crippen LogP contribution is -2.27. The van der Waals surface area contributed by atoms with E-state index in [2.05, 4.69) is 37.3 Å². The van der Waals surface area contributed by atoms with Gasteiger partial charge < -0.3 is 4.90 Å². The van der Waals surface area contributed by atoms with E-state index in [0.717, 1.165) is 0 Å². The van der Waals surface area contributed by atoms with Gasteiger partial charge in [-0.15, -0.1) is 11.6 Å². The lowest BCUT2D eigenvalue weighted by molar-refractivity contribution is 0.261. The number of rotatable bonds is 9. The molecule has 0 saturated carbocycles. The van der Waals surface area contributed by atoms with Gasteiger partial charge in [-0.25, -0.2) is 0 Å². The normalized spacial score (nSPS) is 10.0. The van der Waals surface area contributed by atoms with Gasteiger partial charge in [0.1, 0.15) is 0 Å². The van der Waals surface area contributed by atoms with Crippen molar-refractivity contribution in [2.45, 2.75) is 59.3 Å². The van der Waals surface area contributed by atoms with E-state index >= 15 is 0 Å². The third-order valence-corrected chi connectivity index (χ3v) is 2.48. The van der Waals surface area contributed by atoms with Gasteiger partial charge in [-0.05, 0) is 38.9 Å². The van der Waals surface area contributed by atoms with Crippen LogP contribution < -0.4 is 0 Å². The maximum absolute atomic E-state index is 4.64. The second kappa shape index (κ2) is 16.7. The molecule has 0 aromatic carbocycles. The minimum atomic E-state index is 1.32. The number of halogens is 1. The first-order chi connectivity index (χ1) is 7.35. The number of nitrogens with zero attached hydrogens (tertiary/aromatic N) is 1. The highest BCUT2D eigenvalue weighted by molar-refractivity contribution is 6.15. The van der Waals surface area contributed by atoms with Crippen LogP contribution in [0.4, 0.5) is 0 Å². The molecule has 0 N–H and O–H groups in total. The van der Waals surface area contributed by atoms with Crippen LogP contribution in [0.15, 0.2) is 0 Å². The van der Waals surface area contributed by atoms with Crippen molar-refractivity contribution in [3.05, 3.63) is 0 Å². The van der Waals surface area contributed by atoms with Crippen LogP contribution >= 0.6 is 11.6 Å². The Morgan fingerprint density at radius 2 is 0.933 bits per heavy atom. The summed E-state index contributed by atoms with van der Waals surface area (Å²) in [7, 11) is 0.